The van der Waals surface area contributed by atoms with E-state index in [0.29, 0.717) is 17.3 Å². The van der Waals surface area contributed by atoms with Crippen LogP contribution in [0, 0.1) is 6.92 Å². The Labute approximate surface area is 231 Å². The largest absolute Gasteiger partial charge is 0.359 e. The Morgan fingerprint density at radius 3 is 2.44 bits per heavy atom. The van der Waals surface area contributed by atoms with E-state index in [1.54, 1.807) is 6.07 Å². The highest BCUT2D eigenvalue weighted by molar-refractivity contribution is 7.18. The number of anilines is 5. The van der Waals surface area contributed by atoms with Gasteiger partial charge in [-0.25, -0.2) is 19.7 Å². The summed E-state index contributed by atoms with van der Waals surface area (Å²) < 4.78 is 5.31. The number of urea groups is 1. The fourth-order valence-electron chi connectivity index (χ4n) is 4.07. The first-order valence-corrected chi connectivity index (χ1v) is 13.6. The third-order valence-corrected chi connectivity index (χ3v) is 7.27. The summed E-state index contributed by atoms with van der Waals surface area (Å²) in [6, 6.07) is 10.9. The normalized spacial score (nSPS) is 14.3. The second kappa shape index (κ2) is 11.0. The molecule has 0 spiro atoms. The summed E-state index contributed by atoms with van der Waals surface area (Å²) in [6.45, 7) is 11.9. The van der Waals surface area contributed by atoms with Crippen LogP contribution in [0.3, 0.4) is 0 Å². The average molecular weight is 548 g/mol. The Morgan fingerprint density at radius 1 is 1.00 bits per heavy atom. The molecule has 0 atom stereocenters. The van der Waals surface area contributed by atoms with Crippen LogP contribution < -0.4 is 20.9 Å². The zero-order chi connectivity index (χ0) is 27.6. The molecule has 4 heterocycles. The molecule has 0 unspecified atom stereocenters. The predicted molar refractivity (Wildman–Crippen MR) is 155 cm³/mol. The molecule has 204 valence electrons. The second-order valence-corrected chi connectivity index (χ2v) is 11.6. The van der Waals surface area contributed by atoms with Gasteiger partial charge in [0.05, 0.1) is 4.88 Å². The van der Waals surface area contributed by atoms with Crippen molar-refractivity contribution in [2.45, 2.75) is 33.1 Å². The number of likely N-dealkylation sites (N-methyl/N-ethyl adjacent to an activating group) is 1. The number of carbonyl (C=O) groups excluding carboxylic acids is 1. The van der Waals surface area contributed by atoms with Gasteiger partial charge in [-0.1, -0.05) is 49.4 Å². The molecule has 11 nitrogen and oxygen atoms in total. The van der Waals surface area contributed by atoms with Crippen LogP contribution in [0.4, 0.5) is 33.1 Å². The average Bonchev–Trinajstić information content (AvgIpc) is 3.54. The Hall–Kier alpha value is -4.03. The second-order valence-electron chi connectivity index (χ2n) is 10.6. The molecule has 1 aromatic carbocycles. The molecule has 0 saturated carbocycles. The van der Waals surface area contributed by atoms with Gasteiger partial charge < -0.3 is 25.0 Å². The number of benzene rings is 1. The van der Waals surface area contributed by atoms with Gasteiger partial charge in [0.2, 0.25) is 0 Å². The fourth-order valence-corrected chi connectivity index (χ4v) is 4.90. The van der Waals surface area contributed by atoms with Crippen molar-refractivity contribution in [1.82, 2.24) is 25.0 Å². The molecule has 5 rings (SSSR count). The number of aromatic nitrogens is 4. The van der Waals surface area contributed by atoms with E-state index in [-0.39, 0.29) is 5.41 Å². The fraction of sp³-hybridized carbons (Fsp3) is 0.370. The lowest BCUT2D eigenvalue weighted by Gasteiger charge is -2.33. The number of hydrogen-bond acceptors (Lipinski definition) is 10. The van der Waals surface area contributed by atoms with Crippen molar-refractivity contribution < 1.29 is 9.32 Å². The lowest BCUT2D eigenvalue weighted by Crippen LogP contribution is -2.44. The van der Waals surface area contributed by atoms with E-state index in [1.165, 1.54) is 11.3 Å². The zero-order valence-electron chi connectivity index (χ0n) is 22.8. The van der Waals surface area contributed by atoms with Crippen molar-refractivity contribution in [3.8, 4) is 10.4 Å². The SMILES string of the molecule is Cc1nc(Nc2ncc(-c3ccc(NC(=O)Nc4cc(C(C)(C)C)on4)cc3)s2)cc(N2CCN(C)CC2)n1. The zero-order valence-corrected chi connectivity index (χ0v) is 23.6. The van der Waals surface area contributed by atoms with Gasteiger partial charge in [0.15, 0.2) is 10.9 Å². The molecule has 39 heavy (non-hydrogen) atoms. The molecule has 1 fully saturated rings. The number of aryl methyl sites for hydroxylation is 1. The predicted octanol–water partition coefficient (Wildman–Crippen LogP) is 5.33. The number of nitrogens with one attached hydrogen (secondary N) is 3. The van der Waals surface area contributed by atoms with Crippen LogP contribution in [0.2, 0.25) is 0 Å². The van der Waals surface area contributed by atoms with Gasteiger partial charge in [0.25, 0.3) is 0 Å². The number of hydrogen-bond donors (Lipinski definition) is 3. The van der Waals surface area contributed by atoms with Crippen molar-refractivity contribution in [1.29, 1.82) is 0 Å². The van der Waals surface area contributed by atoms with Gasteiger partial charge in [-0.05, 0) is 31.7 Å². The van der Waals surface area contributed by atoms with Crippen molar-refractivity contribution in [3.63, 3.8) is 0 Å². The smallest absolute Gasteiger partial charge is 0.324 e. The molecule has 0 bridgehead atoms. The highest BCUT2D eigenvalue weighted by Gasteiger charge is 2.20. The van der Waals surface area contributed by atoms with Gasteiger partial charge in [-0.3, -0.25) is 5.32 Å². The minimum Gasteiger partial charge on any atom is -0.359 e. The number of rotatable bonds is 6. The minimum absolute atomic E-state index is 0.188. The minimum atomic E-state index is -0.392. The lowest BCUT2D eigenvalue weighted by atomic mass is 9.93. The van der Waals surface area contributed by atoms with Crippen LogP contribution in [0.5, 0.6) is 0 Å². The molecule has 1 aliphatic heterocycles. The summed E-state index contributed by atoms with van der Waals surface area (Å²) in [4.78, 5) is 31.7. The third kappa shape index (κ3) is 6.70. The highest BCUT2D eigenvalue weighted by atomic mass is 32.1. The molecule has 0 aliphatic carbocycles. The van der Waals surface area contributed by atoms with Gasteiger partial charge in [0.1, 0.15) is 23.2 Å². The first-order chi connectivity index (χ1) is 18.6. The summed E-state index contributed by atoms with van der Waals surface area (Å²) >= 11 is 1.53. The van der Waals surface area contributed by atoms with Gasteiger partial charge >= 0.3 is 6.03 Å². The number of carbonyl (C=O) groups is 1. The molecule has 12 heteroatoms. The van der Waals surface area contributed by atoms with Gasteiger partial charge in [0, 0.05) is 55.6 Å². The summed E-state index contributed by atoms with van der Waals surface area (Å²) in [5, 5.41) is 13.5. The molecule has 4 aromatic rings. The lowest BCUT2D eigenvalue weighted by molar-refractivity contribution is 0.262. The van der Waals surface area contributed by atoms with E-state index < -0.39 is 6.03 Å². The molecular formula is C27H33N9O2S. The number of piperazine rings is 1. The topological polar surface area (TPSA) is 124 Å². The van der Waals surface area contributed by atoms with Crippen LogP contribution in [0.25, 0.3) is 10.4 Å². The monoisotopic (exact) mass is 547 g/mol. The standard InChI is InChI=1S/C27H33N9O2S/c1-17-29-22(15-24(30-17)36-12-10-35(5)11-13-36)33-26-28-16-20(39-26)18-6-8-19(9-7-18)31-25(37)32-23-14-21(38-34-23)27(2,3)4/h6-9,14-16H,10-13H2,1-5H3,(H,28,29,30,33)(H2,31,32,34,37). The maximum absolute atomic E-state index is 12.4. The molecule has 3 N–H and O–H groups in total. The molecule has 1 saturated heterocycles. The van der Waals surface area contributed by atoms with E-state index in [9.17, 15) is 4.79 Å². The van der Waals surface area contributed by atoms with E-state index in [0.717, 1.165) is 59.2 Å². The van der Waals surface area contributed by atoms with Gasteiger partial charge in [-0.15, -0.1) is 0 Å². The Morgan fingerprint density at radius 2 is 1.74 bits per heavy atom. The van der Waals surface area contributed by atoms with E-state index in [2.05, 4.69) is 52.9 Å². The Bertz CT molecular complexity index is 1430. The Kier molecular flexibility index (Phi) is 7.49. The van der Waals surface area contributed by atoms with Crippen molar-refractivity contribution in [2.75, 3.05) is 54.1 Å². The van der Waals surface area contributed by atoms with Gasteiger partial charge in [-0.2, -0.15) is 0 Å². The molecule has 0 radical (unpaired) electrons. The van der Waals surface area contributed by atoms with Crippen molar-refractivity contribution in [3.05, 3.63) is 54.2 Å². The van der Waals surface area contributed by atoms with E-state index >= 15 is 0 Å². The number of thiazole rings is 1. The number of nitrogens with zero attached hydrogens (tertiary/aromatic N) is 6. The summed E-state index contributed by atoms with van der Waals surface area (Å²) in [7, 11) is 2.14. The summed E-state index contributed by atoms with van der Waals surface area (Å²) in [5.41, 5.74) is 1.47. The summed E-state index contributed by atoms with van der Waals surface area (Å²) in [6.07, 6.45) is 1.83. The Balaban J connectivity index is 1.20. The van der Waals surface area contributed by atoms with E-state index in [4.69, 9.17) is 4.52 Å². The van der Waals surface area contributed by atoms with E-state index in [1.807, 2.05) is 64.2 Å². The van der Waals surface area contributed by atoms with Crippen LogP contribution in [0.15, 0.2) is 47.1 Å². The maximum atomic E-state index is 12.4. The van der Waals surface area contributed by atoms with Crippen LogP contribution in [-0.4, -0.2) is 64.3 Å². The molecule has 2 amide bonds. The molecule has 3 aromatic heterocycles. The van der Waals surface area contributed by atoms with Crippen molar-refractivity contribution in [2.24, 2.45) is 0 Å². The molecular weight excluding hydrogens is 514 g/mol. The third-order valence-electron chi connectivity index (χ3n) is 6.31. The van der Waals surface area contributed by atoms with Crippen LogP contribution in [-0.2, 0) is 5.41 Å². The van der Waals surface area contributed by atoms with Crippen LogP contribution >= 0.6 is 11.3 Å². The quantitative estimate of drug-likeness (QED) is 0.294. The maximum Gasteiger partial charge on any atom is 0.324 e. The van der Waals surface area contributed by atoms with Crippen LogP contribution in [0.1, 0.15) is 32.4 Å². The first kappa shape index (κ1) is 26.6. The summed E-state index contributed by atoms with van der Waals surface area (Å²) in [5.74, 6) is 3.44. The highest BCUT2D eigenvalue weighted by Crippen LogP contribution is 2.32. The number of amides is 2. The first-order valence-electron chi connectivity index (χ1n) is 12.8. The van der Waals surface area contributed by atoms with Crippen molar-refractivity contribution >= 4 is 45.6 Å². The molecule has 1 aliphatic rings.